The summed E-state index contributed by atoms with van der Waals surface area (Å²) in [6, 6.07) is 5.88. The van der Waals surface area contributed by atoms with Crippen molar-refractivity contribution in [3.63, 3.8) is 0 Å². The van der Waals surface area contributed by atoms with Gasteiger partial charge in [-0.15, -0.1) is 0 Å². The molecule has 0 aliphatic heterocycles. The number of hydrogen-bond acceptors (Lipinski definition) is 5. The molecule has 1 aromatic rings. The van der Waals surface area contributed by atoms with Crippen molar-refractivity contribution in [3.8, 4) is 0 Å². The predicted octanol–water partition coefficient (Wildman–Crippen LogP) is -0.0645. The standard InChI is InChI=1S/C11H16N2O5S/c1-17-6-7-18-8-11(14)13-9-4-2-3-5-10(9)19(12,15)16/h2-5H,6-8H2,1H3,(H,13,14)(H2,12,15,16). The van der Waals surface area contributed by atoms with E-state index in [4.69, 9.17) is 14.6 Å². The van der Waals surface area contributed by atoms with Crippen LogP contribution >= 0.6 is 0 Å². The second-order valence-electron chi connectivity index (χ2n) is 3.63. The average Bonchev–Trinajstić information content (AvgIpc) is 2.34. The number of sulfonamides is 1. The lowest BCUT2D eigenvalue weighted by molar-refractivity contribution is -0.121. The fourth-order valence-corrected chi connectivity index (χ4v) is 2.01. The van der Waals surface area contributed by atoms with Gasteiger partial charge in [-0.1, -0.05) is 12.1 Å². The van der Waals surface area contributed by atoms with Gasteiger partial charge >= 0.3 is 0 Å². The van der Waals surface area contributed by atoms with E-state index in [-0.39, 0.29) is 23.8 Å². The minimum Gasteiger partial charge on any atom is -0.382 e. The van der Waals surface area contributed by atoms with Gasteiger partial charge in [0.05, 0.1) is 18.9 Å². The third-order valence-electron chi connectivity index (χ3n) is 2.13. The Hall–Kier alpha value is -1.48. The number of ether oxygens (including phenoxy) is 2. The van der Waals surface area contributed by atoms with Crippen LogP contribution in [0, 0.1) is 0 Å². The van der Waals surface area contributed by atoms with Crippen LogP contribution in [0.5, 0.6) is 0 Å². The van der Waals surface area contributed by atoms with Crippen LogP contribution < -0.4 is 10.5 Å². The molecule has 0 radical (unpaired) electrons. The fourth-order valence-electron chi connectivity index (χ4n) is 1.31. The zero-order valence-electron chi connectivity index (χ0n) is 10.5. The smallest absolute Gasteiger partial charge is 0.250 e. The third kappa shape index (κ3) is 5.35. The molecule has 0 saturated carbocycles. The minimum absolute atomic E-state index is 0.130. The maximum Gasteiger partial charge on any atom is 0.250 e. The lowest BCUT2D eigenvalue weighted by atomic mass is 10.3. The summed E-state index contributed by atoms with van der Waals surface area (Å²) in [5, 5.41) is 7.48. The van der Waals surface area contributed by atoms with Crippen LogP contribution in [0.15, 0.2) is 29.2 Å². The van der Waals surface area contributed by atoms with Crippen LogP contribution in [0.1, 0.15) is 0 Å². The first kappa shape index (κ1) is 15.6. The lowest BCUT2D eigenvalue weighted by Crippen LogP contribution is -2.22. The van der Waals surface area contributed by atoms with E-state index in [1.165, 1.54) is 25.3 Å². The van der Waals surface area contributed by atoms with Crippen molar-refractivity contribution >= 4 is 21.6 Å². The van der Waals surface area contributed by atoms with Gasteiger partial charge in [0.2, 0.25) is 15.9 Å². The minimum atomic E-state index is -3.88. The first-order valence-corrected chi connectivity index (χ1v) is 6.98. The predicted molar refractivity (Wildman–Crippen MR) is 69.1 cm³/mol. The number of amides is 1. The molecule has 0 aromatic heterocycles. The number of benzene rings is 1. The molecule has 0 bridgehead atoms. The fraction of sp³-hybridized carbons (Fsp3) is 0.364. The highest BCUT2D eigenvalue weighted by atomic mass is 32.2. The van der Waals surface area contributed by atoms with E-state index in [0.717, 1.165) is 0 Å². The molecule has 1 rings (SSSR count). The van der Waals surface area contributed by atoms with E-state index in [2.05, 4.69) is 5.32 Å². The Labute approximate surface area is 111 Å². The van der Waals surface area contributed by atoms with Crippen LogP contribution in [0.2, 0.25) is 0 Å². The van der Waals surface area contributed by atoms with Gasteiger partial charge in [-0.25, -0.2) is 13.6 Å². The number of primary sulfonamides is 1. The van der Waals surface area contributed by atoms with E-state index < -0.39 is 15.9 Å². The Bertz CT molecular complexity index is 530. The SMILES string of the molecule is COCCOCC(=O)Nc1ccccc1S(N)(=O)=O. The molecule has 0 atom stereocenters. The Kier molecular flexibility index (Phi) is 5.90. The molecule has 7 nitrogen and oxygen atoms in total. The van der Waals surface area contributed by atoms with Crippen LogP contribution in [0.25, 0.3) is 0 Å². The zero-order valence-corrected chi connectivity index (χ0v) is 11.3. The summed E-state index contributed by atoms with van der Waals surface area (Å²) >= 11 is 0. The first-order valence-electron chi connectivity index (χ1n) is 5.43. The molecule has 0 saturated heterocycles. The zero-order chi connectivity index (χ0) is 14.3. The van der Waals surface area contributed by atoms with Gasteiger partial charge in [-0.2, -0.15) is 0 Å². The van der Waals surface area contributed by atoms with Gasteiger partial charge in [0.1, 0.15) is 11.5 Å². The summed E-state index contributed by atoms with van der Waals surface area (Å²) in [4.78, 5) is 11.4. The van der Waals surface area contributed by atoms with E-state index >= 15 is 0 Å². The van der Waals surface area contributed by atoms with Gasteiger partial charge in [-0.05, 0) is 12.1 Å². The molecule has 0 aliphatic carbocycles. The van der Waals surface area contributed by atoms with Crippen molar-refractivity contribution in [2.24, 2.45) is 5.14 Å². The molecule has 0 heterocycles. The number of nitrogens with two attached hydrogens (primary N) is 1. The quantitative estimate of drug-likeness (QED) is 0.683. The summed E-state index contributed by atoms with van der Waals surface area (Å²) in [6.45, 7) is 0.462. The number of hydrogen-bond donors (Lipinski definition) is 2. The van der Waals surface area contributed by atoms with Crippen LogP contribution in [-0.2, 0) is 24.3 Å². The second-order valence-corrected chi connectivity index (χ2v) is 5.16. The molecule has 0 fully saturated rings. The third-order valence-corrected chi connectivity index (χ3v) is 3.10. The maximum absolute atomic E-state index is 11.5. The van der Waals surface area contributed by atoms with E-state index in [9.17, 15) is 13.2 Å². The van der Waals surface area contributed by atoms with Crippen LogP contribution in [-0.4, -0.2) is 41.3 Å². The number of methoxy groups -OCH3 is 1. The molecule has 8 heteroatoms. The molecule has 0 spiro atoms. The number of carbonyl (C=O) groups is 1. The topological polar surface area (TPSA) is 108 Å². The van der Waals surface area contributed by atoms with Crippen molar-refractivity contribution in [1.82, 2.24) is 0 Å². The van der Waals surface area contributed by atoms with Crippen molar-refractivity contribution in [3.05, 3.63) is 24.3 Å². The Morgan fingerprint density at radius 3 is 2.63 bits per heavy atom. The molecule has 106 valence electrons. The number of anilines is 1. The van der Waals surface area contributed by atoms with Crippen LogP contribution in [0.3, 0.4) is 0 Å². The van der Waals surface area contributed by atoms with Gasteiger partial charge in [0.25, 0.3) is 0 Å². The highest BCUT2D eigenvalue weighted by Crippen LogP contribution is 2.18. The molecular weight excluding hydrogens is 272 g/mol. The normalized spacial score (nSPS) is 11.3. The summed E-state index contributed by atoms with van der Waals surface area (Å²) in [6.07, 6.45) is 0. The average molecular weight is 288 g/mol. The Morgan fingerprint density at radius 1 is 1.32 bits per heavy atom. The number of carbonyl (C=O) groups excluding carboxylic acids is 1. The first-order chi connectivity index (χ1) is 8.95. The lowest BCUT2D eigenvalue weighted by Gasteiger charge is -2.09. The summed E-state index contributed by atoms with van der Waals surface area (Å²) in [7, 11) is -2.36. The summed E-state index contributed by atoms with van der Waals surface area (Å²) in [5.41, 5.74) is 0.130. The number of rotatable bonds is 7. The maximum atomic E-state index is 11.5. The van der Waals surface area contributed by atoms with Gasteiger partial charge in [0.15, 0.2) is 0 Å². The van der Waals surface area contributed by atoms with Crippen molar-refractivity contribution < 1.29 is 22.7 Å². The molecule has 1 aromatic carbocycles. The van der Waals surface area contributed by atoms with Crippen molar-refractivity contribution in [2.45, 2.75) is 4.90 Å². The largest absolute Gasteiger partial charge is 0.382 e. The number of para-hydroxylation sites is 1. The molecule has 19 heavy (non-hydrogen) atoms. The van der Waals surface area contributed by atoms with E-state index in [0.29, 0.717) is 6.61 Å². The van der Waals surface area contributed by atoms with E-state index in [1.54, 1.807) is 6.07 Å². The van der Waals surface area contributed by atoms with E-state index in [1.807, 2.05) is 0 Å². The van der Waals surface area contributed by atoms with Gasteiger partial charge in [0, 0.05) is 7.11 Å². The van der Waals surface area contributed by atoms with Crippen LogP contribution in [0.4, 0.5) is 5.69 Å². The summed E-state index contributed by atoms with van der Waals surface area (Å²) < 4.78 is 32.4. The molecule has 0 unspecified atom stereocenters. The molecule has 1 amide bonds. The number of nitrogens with one attached hydrogen (secondary N) is 1. The summed E-state index contributed by atoms with van der Waals surface area (Å²) in [5.74, 6) is -0.466. The Morgan fingerprint density at radius 2 is 2.00 bits per heavy atom. The molecule has 3 N–H and O–H groups in total. The van der Waals surface area contributed by atoms with Gasteiger partial charge < -0.3 is 14.8 Å². The second kappa shape index (κ2) is 7.19. The highest BCUT2D eigenvalue weighted by Gasteiger charge is 2.14. The molecular formula is C11H16N2O5S. The molecule has 0 aliphatic rings. The van der Waals surface area contributed by atoms with Gasteiger partial charge in [-0.3, -0.25) is 4.79 Å². The van der Waals surface area contributed by atoms with Crippen molar-refractivity contribution in [2.75, 3.05) is 32.2 Å². The highest BCUT2D eigenvalue weighted by molar-refractivity contribution is 7.89. The van der Waals surface area contributed by atoms with Crippen molar-refractivity contribution in [1.29, 1.82) is 0 Å². The Balaban J connectivity index is 2.65. The monoisotopic (exact) mass is 288 g/mol.